The molecule has 3 nitrogen and oxygen atoms in total. The van der Waals surface area contributed by atoms with E-state index in [1.807, 2.05) is 6.08 Å². The molecule has 0 spiro atoms. The Labute approximate surface area is 231 Å². The molecule has 0 amide bonds. The smallest absolute Gasteiger partial charge is 0.192 e. The van der Waals surface area contributed by atoms with E-state index in [0.717, 1.165) is 12.8 Å². The van der Waals surface area contributed by atoms with Crippen LogP contribution in [0, 0.1) is 5.92 Å². The van der Waals surface area contributed by atoms with Crippen LogP contribution in [0.25, 0.3) is 0 Å². The van der Waals surface area contributed by atoms with Crippen LogP contribution in [0.4, 0.5) is 0 Å². The van der Waals surface area contributed by atoms with Gasteiger partial charge in [-0.25, -0.2) is 0 Å². The highest BCUT2D eigenvalue weighted by atomic mass is 28.4. The number of benzene rings is 1. The average Bonchev–Trinajstić information content (AvgIpc) is 3.06. The van der Waals surface area contributed by atoms with E-state index in [4.69, 9.17) is 8.85 Å². The topological polar surface area (TPSA) is 38.7 Å². The fourth-order valence-electron chi connectivity index (χ4n) is 5.05. The molecule has 1 aliphatic carbocycles. The average molecular weight is 547 g/mol. The Bertz CT molecular complexity index is 848. The maximum atomic E-state index is 11.1. The molecule has 1 aromatic rings. The van der Waals surface area contributed by atoms with Crippen molar-refractivity contribution in [2.24, 2.45) is 5.92 Å². The van der Waals surface area contributed by atoms with Crippen molar-refractivity contribution in [2.45, 2.75) is 147 Å². The van der Waals surface area contributed by atoms with Gasteiger partial charge in [-0.3, -0.25) is 0 Å². The van der Waals surface area contributed by atoms with Gasteiger partial charge in [-0.15, -0.1) is 6.58 Å². The lowest BCUT2D eigenvalue weighted by Crippen LogP contribution is -2.44. The minimum Gasteiger partial charge on any atom is -0.413 e. The molecular weight excluding hydrogens is 489 g/mol. The van der Waals surface area contributed by atoms with Crippen LogP contribution in [0.1, 0.15) is 110 Å². The molecule has 2 rings (SSSR count). The lowest BCUT2D eigenvalue weighted by Gasteiger charge is -2.40. The molecular formula is C32H58O3Si2. The second kappa shape index (κ2) is 12.6. The highest BCUT2D eigenvalue weighted by Crippen LogP contribution is 2.48. The second-order valence-corrected chi connectivity index (χ2v) is 24.0. The van der Waals surface area contributed by atoms with Gasteiger partial charge in [0.1, 0.15) is 0 Å². The first-order valence-electron chi connectivity index (χ1n) is 14.7. The highest BCUT2D eigenvalue weighted by Gasteiger charge is 2.48. The van der Waals surface area contributed by atoms with Crippen molar-refractivity contribution in [3.63, 3.8) is 0 Å². The summed E-state index contributed by atoms with van der Waals surface area (Å²) in [5, 5.41) is 11.4. The van der Waals surface area contributed by atoms with Gasteiger partial charge in [-0.2, -0.15) is 0 Å². The number of aliphatic hydroxyl groups excluding tert-OH is 1. The van der Waals surface area contributed by atoms with Crippen molar-refractivity contribution in [1.29, 1.82) is 0 Å². The van der Waals surface area contributed by atoms with E-state index in [1.165, 1.54) is 30.4 Å². The van der Waals surface area contributed by atoms with Crippen LogP contribution in [0.3, 0.4) is 0 Å². The van der Waals surface area contributed by atoms with Gasteiger partial charge in [0.25, 0.3) is 0 Å². The maximum Gasteiger partial charge on any atom is 0.192 e. The van der Waals surface area contributed by atoms with Crippen LogP contribution >= 0.6 is 0 Å². The molecule has 1 unspecified atom stereocenters. The zero-order valence-electron chi connectivity index (χ0n) is 26.0. The van der Waals surface area contributed by atoms with Crippen molar-refractivity contribution in [3.8, 4) is 0 Å². The van der Waals surface area contributed by atoms with Crippen molar-refractivity contribution in [2.75, 3.05) is 0 Å². The quantitative estimate of drug-likeness (QED) is 0.161. The molecule has 0 aliphatic heterocycles. The Morgan fingerprint density at radius 1 is 0.973 bits per heavy atom. The lowest BCUT2D eigenvalue weighted by molar-refractivity contribution is 0.122. The number of allylic oxidation sites excluding steroid dienone is 1. The molecule has 37 heavy (non-hydrogen) atoms. The number of hydrogen-bond acceptors (Lipinski definition) is 3. The Morgan fingerprint density at radius 3 is 2.03 bits per heavy atom. The predicted octanol–water partition coefficient (Wildman–Crippen LogP) is 9.76. The molecule has 0 aromatic heterocycles. The van der Waals surface area contributed by atoms with Crippen LogP contribution in [0.5, 0.6) is 0 Å². The second-order valence-electron chi connectivity index (χ2n) is 14.5. The van der Waals surface area contributed by atoms with Crippen LogP contribution < -0.4 is 0 Å². The summed E-state index contributed by atoms with van der Waals surface area (Å²) in [6.45, 7) is 29.4. The number of rotatable bonds is 12. The third kappa shape index (κ3) is 8.14. The highest BCUT2D eigenvalue weighted by molar-refractivity contribution is 6.74. The minimum absolute atomic E-state index is 0.0375. The van der Waals surface area contributed by atoms with Gasteiger partial charge >= 0.3 is 0 Å². The summed E-state index contributed by atoms with van der Waals surface area (Å²) in [5.74, 6) is 0.318. The van der Waals surface area contributed by atoms with Crippen LogP contribution in [-0.4, -0.2) is 33.9 Å². The van der Waals surface area contributed by atoms with E-state index < -0.39 is 16.6 Å². The first-order chi connectivity index (χ1) is 16.9. The first kappa shape index (κ1) is 32.5. The molecule has 1 saturated carbocycles. The van der Waals surface area contributed by atoms with Gasteiger partial charge in [0.2, 0.25) is 0 Å². The summed E-state index contributed by atoms with van der Waals surface area (Å²) in [6, 6.07) is 9.16. The molecule has 5 atom stereocenters. The van der Waals surface area contributed by atoms with Crippen molar-refractivity contribution in [3.05, 3.63) is 48.0 Å². The van der Waals surface area contributed by atoms with Crippen molar-refractivity contribution < 1.29 is 14.0 Å². The van der Waals surface area contributed by atoms with Gasteiger partial charge < -0.3 is 14.0 Å². The van der Waals surface area contributed by atoms with E-state index in [9.17, 15) is 5.11 Å². The molecule has 212 valence electrons. The van der Waals surface area contributed by atoms with Gasteiger partial charge in [0.15, 0.2) is 16.6 Å². The van der Waals surface area contributed by atoms with E-state index in [0.29, 0.717) is 6.42 Å². The summed E-state index contributed by atoms with van der Waals surface area (Å²) < 4.78 is 13.9. The fourth-order valence-corrected chi connectivity index (χ4v) is 7.72. The van der Waals surface area contributed by atoms with Gasteiger partial charge in [0.05, 0.1) is 18.3 Å². The third-order valence-corrected chi connectivity index (χ3v) is 18.5. The summed E-state index contributed by atoms with van der Waals surface area (Å²) in [6.07, 6.45) is 8.00. The summed E-state index contributed by atoms with van der Waals surface area (Å²) >= 11 is 0. The van der Waals surface area contributed by atoms with E-state index in [-0.39, 0.29) is 40.2 Å². The standard InChI is InChI=1S/C32H58O3Si2/c1-13-15-16-18-28(34-36(9,10)31(3,4)5)24-19-21-25(22-20-24)30-26(17-14-2)27(33)23-29(30)35-37(11,12)32(6,7)8/h14,19-22,26-30,33H,2,13,15-18,23H2,1,3-12H3/t26-,27-,28?,29+,30+/m0/s1. The van der Waals surface area contributed by atoms with E-state index in [2.05, 4.69) is 105 Å². The normalized spacial score (nSPS) is 24.3. The molecule has 0 radical (unpaired) electrons. The number of aliphatic hydroxyl groups is 1. The van der Waals surface area contributed by atoms with Crippen molar-refractivity contribution in [1.82, 2.24) is 0 Å². The molecule has 1 aliphatic rings. The van der Waals surface area contributed by atoms with Crippen molar-refractivity contribution >= 4 is 16.6 Å². The van der Waals surface area contributed by atoms with Crippen LogP contribution in [-0.2, 0) is 8.85 Å². The molecule has 0 saturated heterocycles. The first-order valence-corrected chi connectivity index (χ1v) is 20.5. The molecule has 1 N–H and O–H groups in total. The van der Waals surface area contributed by atoms with Gasteiger partial charge in [-0.1, -0.05) is 98.1 Å². The molecule has 5 heteroatoms. The third-order valence-electron chi connectivity index (χ3n) is 9.53. The zero-order valence-corrected chi connectivity index (χ0v) is 28.0. The predicted molar refractivity (Wildman–Crippen MR) is 165 cm³/mol. The van der Waals surface area contributed by atoms with E-state index in [1.54, 1.807) is 0 Å². The lowest BCUT2D eigenvalue weighted by atomic mass is 9.84. The number of unbranched alkanes of at least 4 members (excludes halogenated alkanes) is 2. The summed E-state index contributed by atoms with van der Waals surface area (Å²) in [5.41, 5.74) is 2.56. The SMILES string of the molecule is C=CC[C@@H]1[C@@H](c2ccc(C(CCCCC)O[Si](C)(C)C(C)(C)C)cc2)[C@H](O[Si](C)(C)C(C)(C)C)C[C@@H]1O. The summed E-state index contributed by atoms with van der Waals surface area (Å²) in [7, 11) is -3.87. The Hall–Kier alpha value is -0.726. The Morgan fingerprint density at radius 2 is 1.54 bits per heavy atom. The number of hydrogen-bond donors (Lipinski definition) is 1. The maximum absolute atomic E-state index is 11.1. The molecule has 0 heterocycles. The zero-order chi connectivity index (χ0) is 28.2. The van der Waals surface area contributed by atoms with Gasteiger partial charge in [-0.05, 0) is 72.6 Å². The largest absolute Gasteiger partial charge is 0.413 e. The Balaban J connectivity index is 2.38. The van der Waals surface area contributed by atoms with Crippen LogP contribution in [0.2, 0.25) is 36.3 Å². The molecule has 1 aromatic carbocycles. The molecule has 0 bridgehead atoms. The summed E-state index contributed by atoms with van der Waals surface area (Å²) in [4.78, 5) is 0. The van der Waals surface area contributed by atoms with Gasteiger partial charge in [0, 0.05) is 5.92 Å². The van der Waals surface area contributed by atoms with Crippen LogP contribution in [0.15, 0.2) is 36.9 Å². The Kier molecular flexibility index (Phi) is 11.1. The van der Waals surface area contributed by atoms with E-state index >= 15 is 0 Å². The monoisotopic (exact) mass is 546 g/mol. The molecule has 1 fully saturated rings. The fraction of sp³-hybridized carbons (Fsp3) is 0.750. The minimum atomic E-state index is -1.97.